The molecule has 1 fully saturated rings. The van der Waals surface area contributed by atoms with Crippen molar-refractivity contribution in [3.63, 3.8) is 0 Å². The van der Waals surface area contributed by atoms with Crippen LogP contribution in [0, 0.1) is 0 Å². The molecule has 0 saturated carbocycles. The Morgan fingerprint density at radius 2 is 2.00 bits per heavy atom. The fraction of sp³-hybridized carbons (Fsp3) is 0.700. The second kappa shape index (κ2) is 5.07. The quantitative estimate of drug-likeness (QED) is 0.532. The lowest BCUT2D eigenvalue weighted by atomic mass is 10.2. The Kier molecular flexibility index (Phi) is 4.00. The van der Waals surface area contributed by atoms with E-state index in [4.69, 9.17) is 0 Å². The summed E-state index contributed by atoms with van der Waals surface area (Å²) in [4.78, 5) is 33.7. The highest BCUT2D eigenvalue weighted by molar-refractivity contribution is 6.05. The predicted octanol–water partition coefficient (Wildman–Crippen LogP) is -1.10. The fourth-order valence-corrected chi connectivity index (χ4v) is 1.48. The summed E-state index contributed by atoms with van der Waals surface area (Å²) < 4.78 is 0. The third-order valence-corrected chi connectivity index (χ3v) is 2.24. The number of nitrogens with one attached hydrogen (secondary N) is 3. The summed E-state index contributed by atoms with van der Waals surface area (Å²) in [5, 5.41) is 7.72. The van der Waals surface area contributed by atoms with Crippen LogP contribution in [0.15, 0.2) is 0 Å². The maximum Gasteiger partial charge on any atom is 0.244 e. The number of hydrogen-bond donors (Lipinski definition) is 3. The standard InChI is InChI=1S/C10H17N3O3/c1-5(2)11-9(15)6(3)12-7-4-8(14)13-10(7)16/h5-7,12H,4H2,1-3H3,(H,11,15)(H,13,14,16). The van der Waals surface area contributed by atoms with E-state index >= 15 is 0 Å². The van der Waals surface area contributed by atoms with Gasteiger partial charge in [-0.2, -0.15) is 0 Å². The maximum atomic E-state index is 11.5. The highest BCUT2D eigenvalue weighted by Gasteiger charge is 2.32. The Bertz CT molecular complexity index is 314. The van der Waals surface area contributed by atoms with Crippen LogP contribution in [-0.4, -0.2) is 35.8 Å². The van der Waals surface area contributed by atoms with Crippen molar-refractivity contribution in [2.45, 2.75) is 45.3 Å². The van der Waals surface area contributed by atoms with E-state index in [1.54, 1.807) is 6.92 Å². The zero-order chi connectivity index (χ0) is 12.3. The molecule has 0 spiro atoms. The number of carbonyl (C=O) groups excluding carboxylic acids is 3. The van der Waals surface area contributed by atoms with Gasteiger partial charge in [0.1, 0.15) is 0 Å². The molecule has 0 aromatic rings. The minimum absolute atomic E-state index is 0.0517. The molecule has 3 N–H and O–H groups in total. The smallest absolute Gasteiger partial charge is 0.244 e. The van der Waals surface area contributed by atoms with Crippen LogP contribution in [0.25, 0.3) is 0 Å². The van der Waals surface area contributed by atoms with Crippen LogP contribution in [-0.2, 0) is 14.4 Å². The topological polar surface area (TPSA) is 87.3 Å². The van der Waals surface area contributed by atoms with Crippen molar-refractivity contribution in [1.29, 1.82) is 0 Å². The molecule has 16 heavy (non-hydrogen) atoms. The van der Waals surface area contributed by atoms with Gasteiger partial charge in [0.05, 0.1) is 18.5 Å². The molecule has 1 aliphatic rings. The number of rotatable bonds is 4. The average molecular weight is 227 g/mol. The lowest BCUT2D eigenvalue weighted by Crippen LogP contribution is -2.50. The van der Waals surface area contributed by atoms with Gasteiger partial charge in [0.15, 0.2) is 0 Å². The zero-order valence-corrected chi connectivity index (χ0v) is 9.66. The molecule has 2 unspecified atom stereocenters. The van der Waals surface area contributed by atoms with Crippen molar-refractivity contribution in [2.75, 3.05) is 0 Å². The van der Waals surface area contributed by atoms with Gasteiger partial charge >= 0.3 is 0 Å². The summed E-state index contributed by atoms with van der Waals surface area (Å²) in [5.74, 6) is -0.852. The summed E-state index contributed by atoms with van der Waals surface area (Å²) in [6.07, 6.45) is 0.0954. The molecule has 0 aromatic heterocycles. The largest absolute Gasteiger partial charge is 0.353 e. The SMILES string of the molecule is CC(C)NC(=O)C(C)NC1CC(=O)NC1=O. The monoisotopic (exact) mass is 227 g/mol. The lowest BCUT2D eigenvalue weighted by Gasteiger charge is -2.18. The van der Waals surface area contributed by atoms with Gasteiger partial charge in [-0.15, -0.1) is 0 Å². The molecule has 1 saturated heterocycles. The molecular weight excluding hydrogens is 210 g/mol. The molecular formula is C10H17N3O3. The van der Waals surface area contributed by atoms with Crippen LogP contribution in [0.1, 0.15) is 27.2 Å². The van der Waals surface area contributed by atoms with Gasteiger partial charge in [-0.05, 0) is 20.8 Å². The van der Waals surface area contributed by atoms with Crippen LogP contribution in [0.5, 0.6) is 0 Å². The second-order valence-electron chi connectivity index (χ2n) is 4.22. The van der Waals surface area contributed by atoms with Crippen molar-refractivity contribution in [1.82, 2.24) is 16.0 Å². The van der Waals surface area contributed by atoms with Crippen LogP contribution in [0.2, 0.25) is 0 Å². The molecule has 6 nitrogen and oxygen atoms in total. The van der Waals surface area contributed by atoms with Crippen LogP contribution in [0.4, 0.5) is 0 Å². The van der Waals surface area contributed by atoms with Gasteiger partial charge < -0.3 is 5.32 Å². The lowest BCUT2D eigenvalue weighted by molar-refractivity contribution is -0.125. The Morgan fingerprint density at radius 3 is 2.44 bits per heavy atom. The van der Waals surface area contributed by atoms with Crippen LogP contribution >= 0.6 is 0 Å². The first-order valence-electron chi connectivity index (χ1n) is 5.30. The van der Waals surface area contributed by atoms with E-state index in [0.717, 1.165) is 0 Å². The summed E-state index contributed by atoms with van der Waals surface area (Å²) >= 11 is 0. The molecule has 0 bridgehead atoms. The summed E-state index contributed by atoms with van der Waals surface area (Å²) in [6.45, 7) is 5.38. The van der Waals surface area contributed by atoms with E-state index in [9.17, 15) is 14.4 Å². The Hall–Kier alpha value is -1.43. The van der Waals surface area contributed by atoms with Gasteiger partial charge in [0, 0.05) is 6.04 Å². The normalized spacial score (nSPS) is 22.1. The van der Waals surface area contributed by atoms with Crippen molar-refractivity contribution in [2.24, 2.45) is 0 Å². The molecule has 1 aliphatic heterocycles. The van der Waals surface area contributed by atoms with Crippen molar-refractivity contribution in [3.05, 3.63) is 0 Å². The Labute approximate surface area is 94.2 Å². The van der Waals surface area contributed by atoms with E-state index in [-0.39, 0.29) is 30.2 Å². The van der Waals surface area contributed by atoms with E-state index in [1.165, 1.54) is 0 Å². The first-order valence-corrected chi connectivity index (χ1v) is 5.30. The minimum Gasteiger partial charge on any atom is -0.353 e. The van der Waals surface area contributed by atoms with E-state index in [2.05, 4.69) is 16.0 Å². The van der Waals surface area contributed by atoms with Crippen LogP contribution < -0.4 is 16.0 Å². The molecule has 1 rings (SSSR count). The number of hydrogen-bond acceptors (Lipinski definition) is 4. The van der Waals surface area contributed by atoms with Gasteiger partial charge in [-0.1, -0.05) is 0 Å². The molecule has 6 heteroatoms. The molecule has 3 amide bonds. The number of imide groups is 1. The Balaban J connectivity index is 2.45. The van der Waals surface area contributed by atoms with Gasteiger partial charge in [-0.3, -0.25) is 25.0 Å². The van der Waals surface area contributed by atoms with Crippen molar-refractivity contribution >= 4 is 17.7 Å². The van der Waals surface area contributed by atoms with Gasteiger partial charge in [-0.25, -0.2) is 0 Å². The minimum atomic E-state index is -0.597. The first-order chi connectivity index (χ1) is 7.40. The molecule has 2 atom stereocenters. The van der Waals surface area contributed by atoms with Crippen molar-refractivity contribution < 1.29 is 14.4 Å². The molecule has 0 aliphatic carbocycles. The average Bonchev–Trinajstić information content (AvgIpc) is 2.43. The fourth-order valence-electron chi connectivity index (χ4n) is 1.48. The highest BCUT2D eigenvalue weighted by Crippen LogP contribution is 2.02. The molecule has 90 valence electrons. The van der Waals surface area contributed by atoms with E-state index in [0.29, 0.717) is 0 Å². The maximum absolute atomic E-state index is 11.5. The summed E-state index contributed by atoms with van der Waals surface area (Å²) in [7, 11) is 0. The summed E-state index contributed by atoms with van der Waals surface area (Å²) in [6, 6.07) is -1.04. The third-order valence-electron chi connectivity index (χ3n) is 2.24. The highest BCUT2D eigenvalue weighted by atomic mass is 16.2. The number of carbonyl (C=O) groups is 3. The van der Waals surface area contributed by atoms with Gasteiger partial charge in [0.25, 0.3) is 0 Å². The molecule has 1 heterocycles. The van der Waals surface area contributed by atoms with Crippen LogP contribution in [0.3, 0.4) is 0 Å². The van der Waals surface area contributed by atoms with E-state index in [1.807, 2.05) is 13.8 Å². The van der Waals surface area contributed by atoms with E-state index < -0.39 is 12.1 Å². The number of amides is 3. The molecule has 0 radical (unpaired) electrons. The second-order valence-corrected chi connectivity index (χ2v) is 4.22. The third kappa shape index (κ3) is 3.30. The van der Waals surface area contributed by atoms with Crippen molar-refractivity contribution in [3.8, 4) is 0 Å². The molecule has 0 aromatic carbocycles. The zero-order valence-electron chi connectivity index (χ0n) is 9.66. The van der Waals surface area contributed by atoms with Gasteiger partial charge in [0.2, 0.25) is 17.7 Å². The Morgan fingerprint density at radius 1 is 1.38 bits per heavy atom. The summed E-state index contributed by atoms with van der Waals surface area (Å²) in [5.41, 5.74) is 0. The predicted molar refractivity (Wildman–Crippen MR) is 57.4 cm³/mol. The first kappa shape index (κ1) is 12.6.